The van der Waals surface area contributed by atoms with E-state index in [4.69, 9.17) is 9.47 Å². The first-order chi connectivity index (χ1) is 13.2. The van der Waals surface area contributed by atoms with Crippen LogP contribution in [0.2, 0.25) is 0 Å². The minimum atomic E-state index is -4.15. The molecule has 1 N–H and O–H groups in total. The van der Waals surface area contributed by atoms with Crippen LogP contribution in [0.5, 0.6) is 11.5 Å². The van der Waals surface area contributed by atoms with Crippen LogP contribution in [0.15, 0.2) is 47.4 Å². The minimum Gasteiger partial charge on any atom is -0.490 e. The number of ether oxygens (including phenoxy) is 2. The molecule has 0 saturated carbocycles. The minimum absolute atomic E-state index is 0.0319. The summed E-state index contributed by atoms with van der Waals surface area (Å²) in [4.78, 5) is 12.1. The van der Waals surface area contributed by atoms with Crippen molar-refractivity contribution in [3.05, 3.63) is 48.0 Å². The van der Waals surface area contributed by atoms with Crippen LogP contribution in [-0.4, -0.2) is 38.7 Å². The molecule has 0 fully saturated rings. The van der Waals surface area contributed by atoms with Crippen molar-refractivity contribution in [2.45, 2.75) is 36.6 Å². The highest BCUT2D eigenvalue weighted by Gasteiger charge is 2.53. The number of carbonyl (C=O) groups is 1. The van der Waals surface area contributed by atoms with Gasteiger partial charge in [-0.1, -0.05) is 32.0 Å². The highest BCUT2D eigenvalue weighted by atomic mass is 32.2. The number of nitrogens with zero attached hydrogens (tertiary/aromatic N) is 1. The maximum Gasteiger partial charge on any atom is 0.328 e. The lowest BCUT2D eigenvalue weighted by molar-refractivity contribution is -0.139. The summed E-state index contributed by atoms with van der Waals surface area (Å²) in [5.74, 6) is -0.371. The van der Waals surface area contributed by atoms with Gasteiger partial charge in [0.15, 0.2) is 17.5 Å². The second kappa shape index (κ2) is 6.41. The number of para-hydroxylation sites is 1. The Morgan fingerprint density at radius 1 is 1.11 bits per heavy atom. The van der Waals surface area contributed by atoms with E-state index in [-0.39, 0.29) is 4.90 Å². The first kappa shape index (κ1) is 18.6. The molecule has 28 heavy (non-hydrogen) atoms. The maximum absolute atomic E-state index is 13.5. The molecule has 0 bridgehead atoms. The second-order valence-corrected chi connectivity index (χ2v) is 9.25. The summed E-state index contributed by atoms with van der Waals surface area (Å²) in [6.07, 6.45) is 0.700. The third-order valence-corrected chi connectivity index (χ3v) is 7.04. The first-order valence-electron chi connectivity index (χ1n) is 9.01. The van der Waals surface area contributed by atoms with Crippen LogP contribution in [-0.2, 0) is 20.2 Å². The van der Waals surface area contributed by atoms with Gasteiger partial charge in [-0.2, -0.15) is 0 Å². The van der Waals surface area contributed by atoms with E-state index in [9.17, 15) is 18.3 Å². The SMILES string of the molecule is CC1(C)c2ccccc2N(S(=O)(=O)c2ccc3c(c2)OCCCO3)C1C(=O)O. The second-order valence-electron chi connectivity index (χ2n) is 7.44. The molecule has 0 saturated heterocycles. The van der Waals surface area contributed by atoms with Crippen molar-refractivity contribution < 1.29 is 27.8 Å². The molecule has 0 aromatic heterocycles. The van der Waals surface area contributed by atoms with Gasteiger partial charge in [0.2, 0.25) is 0 Å². The predicted molar refractivity (Wildman–Crippen MR) is 103 cm³/mol. The summed E-state index contributed by atoms with van der Waals surface area (Å²) < 4.78 is 39.3. The fraction of sp³-hybridized carbons (Fsp3) is 0.350. The van der Waals surface area contributed by atoms with Crippen molar-refractivity contribution in [1.29, 1.82) is 0 Å². The highest BCUT2D eigenvalue weighted by molar-refractivity contribution is 7.93. The average Bonchev–Trinajstić information content (AvgIpc) is 2.78. The zero-order valence-corrected chi connectivity index (χ0v) is 16.4. The van der Waals surface area contributed by atoms with Gasteiger partial charge in [0.25, 0.3) is 10.0 Å². The highest BCUT2D eigenvalue weighted by Crippen LogP contribution is 2.48. The van der Waals surface area contributed by atoms with Gasteiger partial charge in [0.1, 0.15) is 0 Å². The van der Waals surface area contributed by atoms with Crippen molar-refractivity contribution in [3.63, 3.8) is 0 Å². The number of hydrogen-bond acceptors (Lipinski definition) is 5. The van der Waals surface area contributed by atoms with E-state index in [1.807, 2.05) is 0 Å². The van der Waals surface area contributed by atoms with Crippen LogP contribution in [0.1, 0.15) is 25.8 Å². The molecule has 0 radical (unpaired) electrons. The molecular weight excluding hydrogens is 382 g/mol. The number of carboxylic acid groups (broad SMARTS) is 1. The summed E-state index contributed by atoms with van der Waals surface area (Å²) in [6.45, 7) is 4.41. The third-order valence-electron chi connectivity index (χ3n) is 5.26. The zero-order chi connectivity index (χ0) is 20.1. The van der Waals surface area contributed by atoms with Gasteiger partial charge in [-0.25, -0.2) is 13.2 Å². The lowest BCUT2D eigenvalue weighted by Gasteiger charge is -2.30. The molecule has 2 aromatic carbocycles. The van der Waals surface area contributed by atoms with E-state index in [0.717, 1.165) is 4.31 Å². The van der Waals surface area contributed by atoms with E-state index < -0.39 is 27.4 Å². The molecule has 8 heteroatoms. The zero-order valence-electron chi connectivity index (χ0n) is 15.6. The molecule has 2 aliphatic rings. The number of fused-ring (bicyclic) bond motifs is 2. The smallest absolute Gasteiger partial charge is 0.328 e. The van der Waals surface area contributed by atoms with Crippen LogP contribution in [0.4, 0.5) is 5.69 Å². The molecule has 0 spiro atoms. The number of anilines is 1. The van der Waals surface area contributed by atoms with Crippen LogP contribution < -0.4 is 13.8 Å². The van der Waals surface area contributed by atoms with Crippen molar-refractivity contribution in [3.8, 4) is 11.5 Å². The first-order valence-corrected chi connectivity index (χ1v) is 10.4. The Morgan fingerprint density at radius 2 is 1.79 bits per heavy atom. The molecule has 148 valence electrons. The number of aliphatic carboxylic acids is 1. The molecule has 7 nitrogen and oxygen atoms in total. The third kappa shape index (κ3) is 2.71. The largest absolute Gasteiger partial charge is 0.490 e. The standard InChI is InChI=1S/C20H21NO6S/c1-20(2)14-6-3-4-7-15(14)21(18(20)19(22)23)28(24,25)13-8-9-16-17(12-13)27-11-5-10-26-16/h3-4,6-9,12,18H,5,10-11H2,1-2H3,(H,22,23). The fourth-order valence-electron chi connectivity index (χ4n) is 3.89. The van der Waals surface area contributed by atoms with Crippen molar-refractivity contribution in [2.24, 2.45) is 0 Å². The summed E-state index contributed by atoms with van der Waals surface area (Å²) in [5.41, 5.74) is 0.174. The Kier molecular flexibility index (Phi) is 4.26. The Bertz CT molecular complexity index is 1050. The Balaban J connectivity index is 1.87. The lowest BCUT2D eigenvalue weighted by atomic mass is 9.81. The average molecular weight is 403 g/mol. The summed E-state index contributed by atoms with van der Waals surface area (Å²) >= 11 is 0. The summed E-state index contributed by atoms with van der Waals surface area (Å²) in [5, 5.41) is 9.88. The van der Waals surface area contributed by atoms with E-state index in [1.54, 1.807) is 44.2 Å². The van der Waals surface area contributed by atoms with Crippen molar-refractivity contribution in [2.75, 3.05) is 17.5 Å². The number of rotatable bonds is 3. The van der Waals surface area contributed by atoms with Gasteiger partial charge in [-0.3, -0.25) is 4.31 Å². The van der Waals surface area contributed by atoms with Gasteiger partial charge >= 0.3 is 5.97 Å². The summed E-state index contributed by atoms with van der Waals surface area (Å²) in [7, 11) is -4.15. The van der Waals surface area contributed by atoms with E-state index in [2.05, 4.69) is 0 Å². The fourth-order valence-corrected chi connectivity index (χ4v) is 5.66. The molecule has 0 amide bonds. The van der Waals surface area contributed by atoms with Crippen molar-refractivity contribution in [1.82, 2.24) is 0 Å². The monoisotopic (exact) mass is 403 g/mol. The van der Waals surface area contributed by atoms with Crippen molar-refractivity contribution >= 4 is 21.7 Å². The van der Waals surface area contributed by atoms with E-state index in [1.165, 1.54) is 12.1 Å². The van der Waals surface area contributed by atoms with Gasteiger partial charge in [-0.05, 0) is 23.8 Å². The number of sulfonamides is 1. The van der Waals surface area contributed by atoms with Crippen LogP contribution >= 0.6 is 0 Å². The molecule has 2 aliphatic heterocycles. The Hall–Kier alpha value is -2.74. The topological polar surface area (TPSA) is 93.1 Å². The van der Waals surface area contributed by atoms with Gasteiger partial charge < -0.3 is 14.6 Å². The molecule has 2 heterocycles. The van der Waals surface area contributed by atoms with Crippen LogP contribution in [0, 0.1) is 0 Å². The molecule has 0 aliphatic carbocycles. The van der Waals surface area contributed by atoms with Gasteiger partial charge in [-0.15, -0.1) is 0 Å². The number of carboxylic acids is 1. The normalized spacial score (nSPS) is 20.4. The Morgan fingerprint density at radius 3 is 2.50 bits per heavy atom. The molecule has 1 atom stereocenters. The van der Waals surface area contributed by atoms with Gasteiger partial charge in [0.05, 0.1) is 23.8 Å². The maximum atomic E-state index is 13.5. The van der Waals surface area contributed by atoms with E-state index in [0.29, 0.717) is 42.4 Å². The number of hydrogen-bond donors (Lipinski definition) is 1. The quantitative estimate of drug-likeness (QED) is 0.847. The Labute approximate surface area is 163 Å². The lowest BCUT2D eigenvalue weighted by Crippen LogP contribution is -2.49. The summed E-state index contributed by atoms with van der Waals surface area (Å²) in [6, 6.07) is 10.0. The molecule has 2 aromatic rings. The molecular formula is C20H21NO6S. The number of benzene rings is 2. The van der Waals surface area contributed by atoms with Gasteiger partial charge in [0, 0.05) is 17.9 Å². The molecule has 4 rings (SSSR count). The van der Waals surface area contributed by atoms with E-state index >= 15 is 0 Å². The van der Waals surface area contributed by atoms with Crippen LogP contribution in [0.25, 0.3) is 0 Å². The van der Waals surface area contributed by atoms with Crippen LogP contribution in [0.3, 0.4) is 0 Å². The predicted octanol–water partition coefficient (Wildman–Crippen LogP) is 2.79. The molecule has 1 unspecified atom stereocenters.